The van der Waals surface area contributed by atoms with E-state index in [1.165, 1.54) is 0 Å². The maximum atomic E-state index is 12.6. The molecule has 1 unspecified atom stereocenters. The fourth-order valence-electron chi connectivity index (χ4n) is 2.74. The average molecular weight is 288 g/mol. The largest absolute Gasteiger partial charge is 0.481 e. The topological polar surface area (TPSA) is 74.6 Å². The molecule has 0 spiro atoms. The minimum Gasteiger partial charge on any atom is -0.481 e. The van der Waals surface area contributed by atoms with Crippen LogP contribution in [0.1, 0.15) is 46.0 Å². The predicted octanol–water partition coefficient (Wildman–Crippen LogP) is 1.68. The number of hydrogen-bond donors (Lipinski definition) is 2. The quantitative estimate of drug-likeness (QED) is 0.600. The van der Waals surface area contributed by atoms with Crippen molar-refractivity contribution < 1.29 is 24.3 Å². The van der Waals surface area contributed by atoms with Gasteiger partial charge in [0.05, 0.1) is 27.6 Å². The van der Waals surface area contributed by atoms with Crippen LogP contribution < -0.4 is 0 Å². The summed E-state index contributed by atoms with van der Waals surface area (Å²) in [6, 6.07) is 0. The summed E-state index contributed by atoms with van der Waals surface area (Å²) in [4.78, 5) is 23.7. The molecule has 0 radical (unpaired) electrons. The lowest BCUT2D eigenvalue weighted by Crippen LogP contribution is -2.56. The summed E-state index contributed by atoms with van der Waals surface area (Å²) in [6.45, 7) is 4.10. The number of carbonyl (C=O) groups excluding carboxylic acids is 1. The minimum absolute atomic E-state index is 0.113. The molecule has 0 bridgehead atoms. The van der Waals surface area contributed by atoms with Crippen molar-refractivity contribution in [2.75, 3.05) is 27.7 Å². The second-order valence-electron chi connectivity index (χ2n) is 6.69. The standard InChI is InChI=1S/C15H29NO4/c1-6-8-12(9-7-2)14(19)15(20,10-13(17)18)11-16(3,4)5/h12,20H,6-11H2,1-5H3/p+1. The highest BCUT2D eigenvalue weighted by Crippen LogP contribution is 2.25. The molecular formula is C15H30NO4+. The van der Waals surface area contributed by atoms with Crippen LogP contribution in [0, 0.1) is 5.92 Å². The second kappa shape index (κ2) is 7.74. The van der Waals surface area contributed by atoms with E-state index in [0.29, 0.717) is 17.3 Å². The fourth-order valence-corrected chi connectivity index (χ4v) is 2.74. The molecule has 2 N–H and O–H groups in total. The lowest BCUT2D eigenvalue weighted by atomic mass is 9.81. The first-order valence-corrected chi connectivity index (χ1v) is 7.34. The van der Waals surface area contributed by atoms with Crippen molar-refractivity contribution in [2.45, 2.75) is 51.6 Å². The highest BCUT2D eigenvalue weighted by Gasteiger charge is 2.45. The lowest BCUT2D eigenvalue weighted by Gasteiger charge is -2.35. The van der Waals surface area contributed by atoms with Crippen molar-refractivity contribution >= 4 is 11.8 Å². The Morgan fingerprint density at radius 3 is 1.85 bits per heavy atom. The molecule has 0 saturated heterocycles. The van der Waals surface area contributed by atoms with Gasteiger partial charge in [-0.2, -0.15) is 0 Å². The van der Waals surface area contributed by atoms with Gasteiger partial charge in [0.25, 0.3) is 0 Å². The van der Waals surface area contributed by atoms with Crippen molar-refractivity contribution in [1.29, 1.82) is 0 Å². The molecule has 0 saturated carbocycles. The third-order valence-electron chi connectivity index (χ3n) is 3.28. The van der Waals surface area contributed by atoms with Crippen molar-refractivity contribution in [2.24, 2.45) is 5.92 Å². The zero-order valence-corrected chi connectivity index (χ0v) is 13.5. The van der Waals surface area contributed by atoms with Crippen molar-refractivity contribution in [3.8, 4) is 0 Å². The van der Waals surface area contributed by atoms with Gasteiger partial charge in [-0.15, -0.1) is 0 Å². The molecule has 20 heavy (non-hydrogen) atoms. The summed E-state index contributed by atoms with van der Waals surface area (Å²) < 4.78 is 0.348. The van der Waals surface area contributed by atoms with Gasteiger partial charge in [0.15, 0.2) is 11.4 Å². The van der Waals surface area contributed by atoms with Crippen molar-refractivity contribution in [3.05, 3.63) is 0 Å². The van der Waals surface area contributed by atoms with Gasteiger partial charge < -0.3 is 14.7 Å². The Balaban J connectivity index is 5.26. The summed E-state index contributed by atoms with van der Waals surface area (Å²) in [7, 11) is 5.53. The molecule has 0 rings (SSSR count). The average Bonchev–Trinajstić information content (AvgIpc) is 2.24. The monoisotopic (exact) mass is 288 g/mol. The molecule has 0 aliphatic carbocycles. The molecule has 1 atom stereocenters. The summed E-state index contributed by atoms with van der Waals surface area (Å²) in [5.41, 5.74) is -1.78. The third-order valence-corrected chi connectivity index (χ3v) is 3.28. The maximum Gasteiger partial charge on any atom is 0.306 e. The molecule has 0 aromatic heterocycles. The highest BCUT2D eigenvalue weighted by molar-refractivity contribution is 5.92. The van der Waals surface area contributed by atoms with Crippen LogP contribution in [0.5, 0.6) is 0 Å². The van der Waals surface area contributed by atoms with Crippen LogP contribution in [-0.2, 0) is 9.59 Å². The third kappa shape index (κ3) is 6.48. The number of aliphatic carboxylic acids is 1. The van der Waals surface area contributed by atoms with Gasteiger partial charge in [-0.25, -0.2) is 0 Å². The number of rotatable bonds is 10. The van der Waals surface area contributed by atoms with Gasteiger partial charge >= 0.3 is 5.97 Å². The molecule has 5 heteroatoms. The number of aliphatic hydroxyl groups is 1. The van der Waals surface area contributed by atoms with Gasteiger partial charge in [-0.05, 0) is 12.8 Å². The molecule has 0 aliphatic heterocycles. The zero-order chi connectivity index (χ0) is 16.0. The smallest absolute Gasteiger partial charge is 0.306 e. The van der Waals surface area contributed by atoms with Crippen LogP contribution in [0.25, 0.3) is 0 Å². The zero-order valence-electron chi connectivity index (χ0n) is 13.5. The fraction of sp³-hybridized carbons (Fsp3) is 0.867. The predicted molar refractivity (Wildman–Crippen MR) is 78.4 cm³/mol. The van der Waals surface area contributed by atoms with Crippen molar-refractivity contribution in [3.63, 3.8) is 0 Å². The number of likely N-dealkylation sites (N-methyl/N-ethyl adjacent to an activating group) is 1. The van der Waals surface area contributed by atoms with E-state index in [-0.39, 0.29) is 18.2 Å². The van der Waals surface area contributed by atoms with E-state index in [1.807, 2.05) is 35.0 Å². The van der Waals surface area contributed by atoms with E-state index in [4.69, 9.17) is 5.11 Å². The van der Waals surface area contributed by atoms with E-state index in [1.54, 1.807) is 0 Å². The van der Waals surface area contributed by atoms with E-state index in [2.05, 4.69) is 0 Å². The molecule has 0 aromatic carbocycles. The molecule has 0 fully saturated rings. The number of ketones is 1. The Hall–Kier alpha value is -0.940. The first-order valence-electron chi connectivity index (χ1n) is 7.34. The normalized spacial score (nSPS) is 15.2. The van der Waals surface area contributed by atoms with Crippen LogP contribution in [0.3, 0.4) is 0 Å². The Labute approximate surface area is 122 Å². The molecule has 0 aromatic rings. The number of carboxylic acids is 1. The molecular weight excluding hydrogens is 258 g/mol. The van der Waals surface area contributed by atoms with E-state index < -0.39 is 18.0 Å². The van der Waals surface area contributed by atoms with E-state index >= 15 is 0 Å². The van der Waals surface area contributed by atoms with Crippen molar-refractivity contribution in [1.82, 2.24) is 0 Å². The summed E-state index contributed by atoms with van der Waals surface area (Å²) >= 11 is 0. The minimum atomic E-state index is -1.78. The van der Waals surface area contributed by atoms with Crippen LogP contribution in [0.2, 0.25) is 0 Å². The first kappa shape index (κ1) is 19.1. The molecule has 0 heterocycles. The Kier molecular flexibility index (Phi) is 7.38. The Bertz CT molecular complexity index is 329. The van der Waals surface area contributed by atoms with Gasteiger partial charge in [0.2, 0.25) is 0 Å². The maximum absolute atomic E-state index is 12.6. The number of hydrogen-bond acceptors (Lipinski definition) is 3. The number of carboxylic acid groups (broad SMARTS) is 1. The van der Waals surface area contributed by atoms with Gasteiger partial charge in [-0.3, -0.25) is 9.59 Å². The van der Waals surface area contributed by atoms with E-state index in [9.17, 15) is 14.7 Å². The molecule has 118 valence electrons. The SMILES string of the molecule is CCCC(CCC)C(=O)C(O)(CC(=O)O)C[N+](C)(C)C. The number of quaternary nitrogens is 1. The number of carbonyl (C=O) groups is 2. The number of nitrogens with zero attached hydrogens (tertiary/aromatic N) is 1. The molecule has 0 aliphatic rings. The van der Waals surface area contributed by atoms with E-state index in [0.717, 1.165) is 12.8 Å². The van der Waals surface area contributed by atoms with Crippen LogP contribution in [0.15, 0.2) is 0 Å². The molecule has 5 nitrogen and oxygen atoms in total. The van der Waals surface area contributed by atoms with Gasteiger partial charge in [-0.1, -0.05) is 26.7 Å². The number of Topliss-reactive ketones (excluding diaryl/α,β-unsaturated/α-hetero) is 1. The summed E-state index contributed by atoms with van der Waals surface area (Å²) in [6.07, 6.45) is 2.58. The Morgan fingerprint density at radius 2 is 1.55 bits per heavy atom. The van der Waals surface area contributed by atoms with Gasteiger partial charge in [0.1, 0.15) is 6.54 Å². The molecule has 0 amide bonds. The Morgan fingerprint density at radius 1 is 1.10 bits per heavy atom. The summed E-state index contributed by atoms with van der Waals surface area (Å²) in [5.74, 6) is -1.70. The second-order valence-corrected chi connectivity index (χ2v) is 6.69. The summed E-state index contributed by atoms with van der Waals surface area (Å²) in [5, 5.41) is 19.7. The highest BCUT2D eigenvalue weighted by atomic mass is 16.4. The van der Waals surface area contributed by atoms with Crippen LogP contribution >= 0.6 is 0 Å². The van der Waals surface area contributed by atoms with Crippen LogP contribution in [-0.4, -0.2) is 59.7 Å². The van der Waals surface area contributed by atoms with Crippen LogP contribution in [0.4, 0.5) is 0 Å². The van der Waals surface area contributed by atoms with Gasteiger partial charge in [0, 0.05) is 5.92 Å². The lowest BCUT2D eigenvalue weighted by molar-refractivity contribution is -0.875. The first-order chi connectivity index (χ1) is 9.05.